The number of carbonyl (C=O) groups excluding carboxylic acids is 1. The molecule has 0 aliphatic carbocycles. The molecule has 3 atom stereocenters. The van der Waals surface area contributed by atoms with Crippen LogP contribution in [0.2, 0.25) is 0 Å². The van der Waals surface area contributed by atoms with Crippen LogP contribution in [0, 0.1) is 11.8 Å². The number of nitrogens with zero attached hydrogens (tertiary/aromatic N) is 4. The summed E-state index contributed by atoms with van der Waals surface area (Å²) in [5, 5.41) is 3.48. The minimum Gasteiger partial charge on any atom is -0.331 e. The summed E-state index contributed by atoms with van der Waals surface area (Å²) < 4.78 is 0. The van der Waals surface area contributed by atoms with E-state index < -0.39 is 0 Å². The highest BCUT2D eigenvalue weighted by Crippen LogP contribution is 2.43. The Labute approximate surface area is 163 Å². The van der Waals surface area contributed by atoms with Crippen molar-refractivity contribution in [2.75, 3.05) is 19.6 Å². The lowest BCUT2D eigenvalue weighted by molar-refractivity contribution is 0.0713. The van der Waals surface area contributed by atoms with Gasteiger partial charge in [0.1, 0.15) is 5.69 Å². The third-order valence-corrected chi connectivity index (χ3v) is 5.76. The predicted molar refractivity (Wildman–Crippen MR) is 105 cm³/mol. The van der Waals surface area contributed by atoms with Gasteiger partial charge >= 0.3 is 0 Å². The van der Waals surface area contributed by atoms with E-state index in [2.05, 4.69) is 32.4 Å². The van der Waals surface area contributed by atoms with Crippen molar-refractivity contribution in [3.05, 3.63) is 78.2 Å². The number of benzene rings is 1. The van der Waals surface area contributed by atoms with Gasteiger partial charge in [-0.15, -0.1) is 0 Å². The number of nitrogens with one attached hydrogen (secondary N) is 1. The smallest absolute Gasteiger partial charge is 0.257 e. The fourth-order valence-corrected chi connectivity index (χ4v) is 4.44. The fraction of sp³-hybridized carbons (Fsp3) is 0.273. The lowest BCUT2D eigenvalue weighted by atomic mass is 9.89. The second-order valence-corrected chi connectivity index (χ2v) is 7.41. The molecule has 0 spiro atoms. The van der Waals surface area contributed by atoms with Crippen LogP contribution in [0.25, 0.3) is 11.5 Å². The SMILES string of the molecule is O=C(c1cnc(-c2ccccn2)nc1)N1C[C@@H]2CNC[C@@H]2[C@H]1c1ccccc1. The van der Waals surface area contributed by atoms with E-state index in [0.717, 1.165) is 19.6 Å². The number of fused-ring (bicyclic) bond motifs is 1. The van der Waals surface area contributed by atoms with E-state index in [-0.39, 0.29) is 11.9 Å². The van der Waals surface area contributed by atoms with E-state index in [0.29, 0.717) is 28.9 Å². The number of amides is 1. The first-order chi connectivity index (χ1) is 13.8. The molecule has 1 amide bonds. The summed E-state index contributed by atoms with van der Waals surface area (Å²) in [7, 11) is 0. The van der Waals surface area contributed by atoms with Crippen LogP contribution in [-0.2, 0) is 0 Å². The van der Waals surface area contributed by atoms with E-state index in [9.17, 15) is 4.79 Å². The Morgan fingerprint density at radius 3 is 2.50 bits per heavy atom. The number of carbonyl (C=O) groups is 1. The molecule has 1 aromatic carbocycles. The zero-order valence-electron chi connectivity index (χ0n) is 15.4. The highest BCUT2D eigenvalue weighted by atomic mass is 16.2. The van der Waals surface area contributed by atoms with E-state index >= 15 is 0 Å². The molecule has 6 heteroatoms. The predicted octanol–water partition coefficient (Wildman–Crippen LogP) is 2.57. The molecule has 3 aromatic rings. The van der Waals surface area contributed by atoms with Gasteiger partial charge in [-0.05, 0) is 23.6 Å². The number of aromatic nitrogens is 3. The third kappa shape index (κ3) is 2.96. The van der Waals surface area contributed by atoms with Crippen LogP contribution >= 0.6 is 0 Å². The van der Waals surface area contributed by atoms with Gasteiger partial charge in [0.05, 0.1) is 11.6 Å². The van der Waals surface area contributed by atoms with Crippen molar-refractivity contribution in [3.8, 4) is 11.5 Å². The fourth-order valence-electron chi connectivity index (χ4n) is 4.44. The van der Waals surface area contributed by atoms with E-state index in [1.165, 1.54) is 5.56 Å². The number of hydrogen-bond donors (Lipinski definition) is 1. The van der Waals surface area contributed by atoms with Crippen molar-refractivity contribution in [2.24, 2.45) is 11.8 Å². The van der Waals surface area contributed by atoms with Crippen molar-refractivity contribution < 1.29 is 4.79 Å². The molecular formula is C22H21N5O. The Morgan fingerprint density at radius 1 is 0.964 bits per heavy atom. The molecule has 0 unspecified atom stereocenters. The van der Waals surface area contributed by atoms with Crippen LogP contribution in [-0.4, -0.2) is 45.4 Å². The maximum atomic E-state index is 13.3. The van der Waals surface area contributed by atoms with Crippen molar-refractivity contribution in [1.82, 2.24) is 25.2 Å². The maximum Gasteiger partial charge on any atom is 0.257 e. The average molecular weight is 371 g/mol. The van der Waals surface area contributed by atoms with E-state index in [1.54, 1.807) is 18.6 Å². The lowest BCUT2D eigenvalue weighted by Crippen LogP contribution is -2.34. The molecule has 2 aromatic heterocycles. The van der Waals surface area contributed by atoms with Crippen LogP contribution in [0.15, 0.2) is 67.1 Å². The second-order valence-electron chi connectivity index (χ2n) is 7.41. The molecule has 2 aliphatic rings. The topological polar surface area (TPSA) is 71.0 Å². The first kappa shape index (κ1) is 17.0. The summed E-state index contributed by atoms with van der Waals surface area (Å²) in [4.78, 5) is 28.3. The molecule has 5 rings (SSSR count). The summed E-state index contributed by atoms with van der Waals surface area (Å²) in [6, 6.07) is 16.0. The largest absolute Gasteiger partial charge is 0.331 e. The Kier molecular flexibility index (Phi) is 4.33. The van der Waals surface area contributed by atoms with Crippen LogP contribution in [0.3, 0.4) is 0 Å². The molecule has 0 saturated carbocycles. The van der Waals surface area contributed by atoms with Crippen LogP contribution in [0.5, 0.6) is 0 Å². The number of rotatable bonds is 3. The van der Waals surface area contributed by atoms with Crippen molar-refractivity contribution in [2.45, 2.75) is 6.04 Å². The third-order valence-electron chi connectivity index (χ3n) is 5.76. The van der Waals surface area contributed by atoms with Gasteiger partial charge in [0.25, 0.3) is 5.91 Å². The summed E-state index contributed by atoms with van der Waals surface area (Å²) in [6.45, 7) is 2.67. The number of pyridine rings is 1. The Balaban J connectivity index is 1.44. The molecule has 6 nitrogen and oxygen atoms in total. The summed E-state index contributed by atoms with van der Waals surface area (Å²) in [5.74, 6) is 1.46. The molecule has 0 bridgehead atoms. The minimum absolute atomic E-state index is 0.00387. The van der Waals surface area contributed by atoms with Crippen LogP contribution in [0.1, 0.15) is 22.0 Å². The molecule has 2 aliphatic heterocycles. The van der Waals surface area contributed by atoms with Gasteiger partial charge in [-0.2, -0.15) is 0 Å². The zero-order valence-corrected chi connectivity index (χ0v) is 15.4. The van der Waals surface area contributed by atoms with E-state index in [1.807, 2.05) is 41.3 Å². The van der Waals surface area contributed by atoms with Crippen molar-refractivity contribution in [3.63, 3.8) is 0 Å². The average Bonchev–Trinajstić information content (AvgIpc) is 3.36. The van der Waals surface area contributed by atoms with Crippen LogP contribution in [0.4, 0.5) is 0 Å². The van der Waals surface area contributed by atoms with E-state index in [4.69, 9.17) is 0 Å². The highest BCUT2D eigenvalue weighted by Gasteiger charge is 2.46. The van der Waals surface area contributed by atoms with Crippen molar-refractivity contribution in [1.29, 1.82) is 0 Å². The first-order valence-electron chi connectivity index (χ1n) is 9.61. The molecule has 140 valence electrons. The standard InChI is InChI=1S/C22H21N5O/c28-22(16-11-25-21(26-12-16)19-8-4-5-9-24-19)27-14-17-10-23-13-18(17)20(27)15-6-2-1-3-7-15/h1-9,11-12,17-18,20,23H,10,13-14H2/t17-,18-,20+/m0/s1. The zero-order chi connectivity index (χ0) is 18.9. The van der Waals surface area contributed by atoms with Gasteiger partial charge in [-0.3, -0.25) is 9.78 Å². The molecule has 1 N–H and O–H groups in total. The highest BCUT2D eigenvalue weighted by molar-refractivity contribution is 5.94. The molecular weight excluding hydrogens is 350 g/mol. The number of hydrogen-bond acceptors (Lipinski definition) is 5. The maximum absolute atomic E-state index is 13.3. The Hall–Kier alpha value is -3.12. The van der Waals surface area contributed by atoms with Gasteiger partial charge in [0.15, 0.2) is 5.82 Å². The quantitative estimate of drug-likeness (QED) is 0.766. The second kappa shape index (κ2) is 7.13. The van der Waals surface area contributed by atoms with Gasteiger partial charge in [-0.1, -0.05) is 36.4 Å². The van der Waals surface area contributed by atoms with Crippen molar-refractivity contribution >= 4 is 5.91 Å². The molecule has 2 fully saturated rings. The lowest BCUT2D eigenvalue weighted by Gasteiger charge is -2.28. The first-order valence-corrected chi connectivity index (χ1v) is 9.61. The monoisotopic (exact) mass is 371 g/mol. The van der Waals surface area contributed by atoms with Crippen LogP contribution < -0.4 is 5.32 Å². The Bertz CT molecular complexity index is 961. The van der Waals surface area contributed by atoms with Gasteiger partial charge in [0.2, 0.25) is 0 Å². The summed E-state index contributed by atoms with van der Waals surface area (Å²) >= 11 is 0. The summed E-state index contributed by atoms with van der Waals surface area (Å²) in [5.41, 5.74) is 2.41. The molecule has 4 heterocycles. The van der Waals surface area contributed by atoms with Gasteiger partial charge < -0.3 is 10.2 Å². The molecule has 2 saturated heterocycles. The summed E-state index contributed by atoms with van der Waals surface area (Å²) in [6.07, 6.45) is 4.95. The van der Waals surface area contributed by atoms with Gasteiger partial charge in [0, 0.05) is 44.1 Å². The molecule has 0 radical (unpaired) electrons. The molecule has 28 heavy (non-hydrogen) atoms. The normalized spacial score (nSPS) is 23.6. The van der Waals surface area contributed by atoms with Gasteiger partial charge in [-0.25, -0.2) is 9.97 Å². The minimum atomic E-state index is -0.00387. The number of likely N-dealkylation sites (tertiary alicyclic amines) is 1. The Morgan fingerprint density at radius 2 is 1.75 bits per heavy atom.